The van der Waals surface area contributed by atoms with Crippen LogP contribution in [0.5, 0.6) is 5.75 Å². The first kappa shape index (κ1) is 24.7. The van der Waals surface area contributed by atoms with E-state index in [2.05, 4.69) is 15.0 Å². The molecular formula is C26H33FN2O4. The number of rotatable bonds is 9. The molecule has 1 N–H and O–H groups in total. The second-order valence-corrected chi connectivity index (χ2v) is 9.11. The van der Waals surface area contributed by atoms with Crippen LogP contribution in [-0.4, -0.2) is 62.3 Å². The Kier molecular flexibility index (Phi) is 8.44. The molecule has 0 spiro atoms. The van der Waals surface area contributed by atoms with Gasteiger partial charge < -0.3 is 19.7 Å². The van der Waals surface area contributed by atoms with E-state index in [1.807, 2.05) is 36.4 Å². The third kappa shape index (κ3) is 7.86. The summed E-state index contributed by atoms with van der Waals surface area (Å²) in [5, 5.41) is 2.52. The SMILES string of the molecule is COC(=O)CNC(=O)c1ccc(-c2ccc(OCC3CCN(CC(C)(C)F)CC3)cc2)cc1. The topological polar surface area (TPSA) is 67.9 Å². The van der Waals surface area contributed by atoms with Crippen LogP contribution in [0, 0.1) is 5.92 Å². The lowest BCUT2D eigenvalue weighted by atomic mass is 9.97. The second-order valence-electron chi connectivity index (χ2n) is 9.11. The van der Waals surface area contributed by atoms with Gasteiger partial charge in [-0.25, -0.2) is 4.39 Å². The van der Waals surface area contributed by atoms with Crippen molar-refractivity contribution in [3.05, 3.63) is 54.1 Å². The largest absolute Gasteiger partial charge is 0.493 e. The molecule has 1 aliphatic heterocycles. The third-order valence-electron chi connectivity index (χ3n) is 5.75. The molecule has 0 aliphatic carbocycles. The molecule has 1 amide bonds. The standard InChI is InChI=1S/C26H33FN2O4/c1-26(2,27)18-29-14-12-19(13-15-29)17-33-23-10-8-21(9-11-23)20-4-6-22(7-5-20)25(31)28-16-24(30)32-3/h4-11,19H,12-18H2,1-3H3,(H,28,31). The lowest BCUT2D eigenvalue weighted by molar-refractivity contribution is -0.139. The van der Waals surface area contributed by atoms with Gasteiger partial charge >= 0.3 is 5.97 Å². The number of hydrogen-bond acceptors (Lipinski definition) is 5. The molecule has 0 saturated carbocycles. The highest BCUT2D eigenvalue weighted by Gasteiger charge is 2.25. The minimum Gasteiger partial charge on any atom is -0.493 e. The van der Waals surface area contributed by atoms with E-state index < -0.39 is 11.6 Å². The first-order chi connectivity index (χ1) is 15.7. The molecule has 3 rings (SSSR count). The third-order valence-corrected chi connectivity index (χ3v) is 5.75. The zero-order valence-corrected chi connectivity index (χ0v) is 19.6. The summed E-state index contributed by atoms with van der Waals surface area (Å²) in [6.45, 7) is 6.08. The van der Waals surface area contributed by atoms with Crippen molar-refractivity contribution >= 4 is 11.9 Å². The summed E-state index contributed by atoms with van der Waals surface area (Å²) in [5.74, 6) is 0.495. The first-order valence-electron chi connectivity index (χ1n) is 11.3. The van der Waals surface area contributed by atoms with Crippen LogP contribution < -0.4 is 10.1 Å². The number of nitrogens with one attached hydrogen (secondary N) is 1. The van der Waals surface area contributed by atoms with Crippen molar-refractivity contribution < 1.29 is 23.5 Å². The van der Waals surface area contributed by atoms with Gasteiger partial charge in [0.25, 0.3) is 5.91 Å². The number of ether oxygens (including phenoxy) is 2. The number of esters is 1. The first-order valence-corrected chi connectivity index (χ1v) is 11.3. The zero-order chi connectivity index (χ0) is 23.8. The molecule has 178 valence electrons. The lowest BCUT2D eigenvalue weighted by Gasteiger charge is -2.34. The quantitative estimate of drug-likeness (QED) is 0.576. The van der Waals surface area contributed by atoms with Gasteiger partial charge in [-0.1, -0.05) is 24.3 Å². The summed E-state index contributed by atoms with van der Waals surface area (Å²) in [6, 6.07) is 15.1. The molecule has 1 aliphatic rings. The van der Waals surface area contributed by atoms with E-state index in [4.69, 9.17) is 4.74 Å². The molecule has 1 saturated heterocycles. The number of nitrogens with zero attached hydrogens (tertiary/aromatic N) is 1. The van der Waals surface area contributed by atoms with Crippen LogP contribution in [0.2, 0.25) is 0 Å². The molecule has 0 unspecified atom stereocenters. The Bertz CT molecular complexity index is 915. The molecule has 1 fully saturated rings. The highest BCUT2D eigenvalue weighted by atomic mass is 19.1. The van der Waals surface area contributed by atoms with Crippen LogP contribution in [0.15, 0.2) is 48.5 Å². The van der Waals surface area contributed by atoms with Crippen LogP contribution in [0.25, 0.3) is 11.1 Å². The van der Waals surface area contributed by atoms with E-state index in [1.54, 1.807) is 26.0 Å². The van der Waals surface area contributed by atoms with Gasteiger partial charge in [0.1, 0.15) is 18.0 Å². The van der Waals surface area contributed by atoms with Crippen LogP contribution in [-0.2, 0) is 9.53 Å². The maximum Gasteiger partial charge on any atom is 0.325 e. The Morgan fingerprint density at radius 3 is 2.15 bits per heavy atom. The van der Waals surface area contributed by atoms with Crippen LogP contribution in [0.3, 0.4) is 0 Å². The molecule has 7 heteroatoms. The number of amides is 1. The normalized spacial score (nSPS) is 15.2. The van der Waals surface area contributed by atoms with Gasteiger partial charge in [0.15, 0.2) is 0 Å². The van der Waals surface area contributed by atoms with E-state index in [9.17, 15) is 14.0 Å². The second kappa shape index (κ2) is 11.3. The Balaban J connectivity index is 1.46. The maximum atomic E-state index is 13.8. The van der Waals surface area contributed by atoms with Gasteiger partial charge in [-0.05, 0) is 81.1 Å². The summed E-state index contributed by atoms with van der Waals surface area (Å²) in [7, 11) is 1.28. The molecule has 33 heavy (non-hydrogen) atoms. The Labute approximate surface area is 195 Å². The molecule has 0 radical (unpaired) electrons. The molecule has 2 aromatic rings. The van der Waals surface area contributed by atoms with E-state index in [0.29, 0.717) is 24.6 Å². The van der Waals surface area contributed by atoms with Crippen molar-refractivity contribution in [3.8, 4) is 16.9 Å². The summed E-state index contributed by atoms with van der Waals surface area (Å²) < 4.78 is 24.3. The average molecular weight is 457 g/mol. The molecule has 2 aromatic carbocycles. The van der Waals surface area contributed by atoms with Crippen molar-refractivity contribution in [3.63, 3.8) is 0 Å². The number of likely N-dealkylation sites (tertiary alicyclic amines) is 1. The minimum atomic E-state index is -1.15. The monoisotopic (exact) mass is 456 g/mol. The van der Waals surface area contributed by atoms with E-state index in [1.165, 1.54) is 7.11 Å². The summed E-state index contributed by atoms with van der Waals surface area (Å²) in [6.07, 6.45) is 2.04. The van der Waals surface area contributed by atoms with Gasteiger partial charge in [-0.3, -0.25) is 9.59 Å². The van der Waals surface area contributed by atoms with Crippen LogP contribution in [0.4, 0.5) is 4.39 Å². The fourth-order valence-corrected chi connectivity index (χ4v) is 3.94. The van der Waals surface area contributed by atoms with Crippen LogP contribution in [0.1, 0.15) is 37.0 Å². The predicted molar refractivity (Wildman–Crippen MR) is 126 cm³/mol. The van der Waals surface area contributed by atoms with E-state index >= 15 is 0 Å². The number of carbonyl (C=O) groups excluding carboxylic acids is 2. The van der Waals surface area contributed by atoms with Crippen LogP contribution >= 0.6 is 0 Å². The minimum absolute atomic E-state index is 0.159. The molecule has 1 heterocycles. The van der Waals surface area contributed by atoms with Gasteiger partial charge in [0, 0.05) is 12.1 Å². The van der Waals surface area contributed by atoms with Gasteiger partial charge in [-0.15, -0.1) is 0 Å². The molecule has 0 aromatic heterocycles. The average Bonchev–Trinajstić information content (AvgIpc) is 2.81. The van der Waals surface area contributed by atoms with E-state index in [0.717, 1.165) is 42.8 Å². The highest BCUT2D eigenvalue weighted by molar-refractivity contribution is 5.96. The lowest BCUT2D eigenvalue weighted by Crippen LogP contribution is -2.41. The number of carbonyl (C=O) groups is 2. The van der Waals surface area contributed by atoms with E-state index in [-0.39, 0.29) is 12.5 Å². The molecule has 0 atom stereocenters. The Morgan fingerprint density at radius 2 is 1.61 bits per heavy atom. The highest BCUT2D eigenvalue weighted by Crippen LogP contribution is 2.25. The van der Waals surface area contributed by atoms with Crippen molar-refractivity contribution in [2.45, 2.75) is 32.4 Å². The smallest absolute Gasteiger partial charge is 0.325 e. The van der Waals surface area contributed by atoms with Crippen molar-refractivity contribution in [1.82, 2.24) is 10.2 Å². The Morgan fingerprint density at radius 1 is 1.03 bits per heavy atom. The summed E-state index contributed by atoms with van der Waals surface area (Å²) in [5.41, 5.74) is 1.33. The fourth-order valence-electron chi connectivity index (χ4n) is 3.94. The maximum absolute atomic E-state index is 13.8. The number of alkyl halides is 1. The summed E-state index contributed by atoms with van der Waals surface area (Å²) in [4.78, 5) is 25.4. The number of piperidine rings is 1. The Hall–Kier alpha value is -2.93. The number of hydrogen-bond donors (Lipinski definition) is 1. The predicted octanol–water partition coefficient (Wildman–Crippen LogP) is 4.10. The molecule has 0 bridgehead atoms. The van der Waals surface area contributed by atoms with Crippen molar-refractivity contribution in [1.29, 1.82) is 0 Å². The van der Waals surface area contributed by atoms with Crippen molar-refractivity contribution in [2.75, 3.05) is 39.9 Å². The number of halogens is 1. The molecular weight excluding hydrogens is 423 g/mol. The number of methoxy groups -OCH3 is 1. The zero-order valence-electron chi connectivity index (χ0n) is 19.6. The van der Waals surface area contributed by atoms with Gasteiger partial charge in [-0.2, -0.15) is 0 Å². The van der Waals surface area contributed by atoms with Gasteiger partial charge in [0.05, 0.1) is 13.7 Å². The summed E-state index contributed by atoms with van der Waals surface area (Å²) >= 11 is 0. The van der Waals surface area contributed by atoms with Gasteiger partial charge in [0.2, 0.25) is 0 Å². The fraction of sp³-hybridized carbons (Fsp3) is 0.462. The van der Waals surface area contributed by atoms with Crippen molar-refractivity contribution in [2.24, 2.45) is 5.92 Å². The number of benzene rings is 2. The molecule has 6 nitrogen and oxygen atoms in total.